The van der Waals surface area contributed by atoms with Crippen LogP contribution >= 0.6 is 11.3 Å². The molecule has 0 radical (unpaired) electrons. The van der Waals surface area contributed by atoms with E-state index in [2.05, 4.69) is 126 Å². The molecule has 0 unspecified atom stereocenters. The van der Waals surface area contributed by atoms with Crippen LogP contribution in [0.15, 0.2) is 158 Å². The van der Waals surface area contributed by atoms with E-state index >= 15 is 0 Å². The van der Waals surface area contributed by atoms with Crippen molar-refractivity contribution < 1.29 is 0 Å². The molecule has 48 heavy (non-hydrogen) atoms. The van der Waals surface area contributed by atoms with Crippen molar-refractivity contribution in [1.82, 2.24) is 19.5 Å². The maximum absolute atomic E-state index is 5.24. The van der Waals surface area contributed by atoms with Crippen molar-refractivity contribution in [2.75, 3.05) is 0 Å². The first-order valence-electron chi connectivity index (χ1n) is 16.0. The zero-order chi connectivity index (χ0) is 31.6. The van der Waals surface area contributed by atoms with Gasteiger partial charge in [0, 0.05) is 37.4 Å². The Morgan fingerprint density at radius 2 is 0.958 bits per heavy atom. The van der Waals surface area contributed by atoms with Crippen molar-refractivity contribution in [2.45, 2.75) is 0 Å². The number of thiophene rings is 1. The van der Waals surface area contributed by atoms with Gasteiger partial charge in [0.1, 0.15) is 0 Å². The zero-order valence-corrected chi connectivity index (χ0v) is 26.5. The van der Waals surface area contributed by atoms with Crippen LogP contribution in [0.4, 0.5) is 0 Å². The minimum absolute atomic E-state index is 0.601. The van der Waals surface area contributed by atoms with Gasteiger partial charge in [0.25, 0.3) is 0 Å². The number of rotatable bonds is 4. The molecule has 7 aromatic carbocycles. The third-order valence-corrected chi connectivity index (χ3v) is 10.4. The molecule has 0 fully saturated rings. The third-order valence-electron chi connectivity index (χ3n) is 9.24. The molecule has 0 N–H and O–H groups in total. The van der Waals surface area contributed by atoms with E-state index in [1.54, 1.807) is 0 Å². The number of aromatic nitrogens is 4. The lowest BCUT2D eigenvalue weighted by molar-refractivity contribution is 0.955. The lowest BCUT2D eigenvalue weighted by Gasteiger charge is -2.12. The molecule has 0 saturated carbocycles. The van der Waals surface area contributed by atoms with E-state index < -0.39 is 0 Å². The maximum atomic E-state index is 5.24. The molecule has 0 saturated heterocycles. The normalized spacial score (nSPS) is 11.8. The zero-order valence-electron chi connectivity index (χ0n) is 25.7. The molecule has 3 aromatic heterocycles. The molecule has 224 valence electrons. The van der Waals surface area contributed by atoms with Gasteiger partial charge in [-0.25, -0.2) is 4.98 Å². The fraction of sp³-hybridized carbons (Fsp3) is 0. The van der Waals surface area contributed by atoms with E-state index in [0.717, 1.165) is 22.2 Å². The van der Waals surface area contributed by atoms with Gasteiger partial charge in [-0.15, -0.1) is 11.3 Å². The van der Waals surface area contributed by atoms with Crippen molar-refractivity contribution in [1.29, 1.82) is 0 Å². The molecule has 0 amide bonds. The third kappa shape index (κ3) is 4.11. The van der Waals surface area contributed by atoms with E-state index in [1.807, 2.05) is 47.7 Å². The summed E-state index contributed by atoms with van der Waals surface area (Å²) in [6.07, 6.45) is 0. The van der Waals surface area contributed by atoms with Crippen molar-refractivity contribution >= 4 is 64.1 Å². The van der Waals surface area contributed by atoms with Crippen LogP contribution in [0.5, 0.6) is 0 Å². The second-order valence-corrected chi connectivity index (χ2v) is 13.1. The van der Waals surface area contributed by atoms with E-state index in [4.69, 9.17) is 15.0 Å². The Morgan fingerprint density at radius 1 is 0.417 bits per heavy atom. The largest absolute Gasteiger partial charge is 0.276 e. The Morgan fingerprint density at radius 3 is 1.60 bits per heavy atom. The van der Waals surface area contributed by atoms with Crippen LogP contribution in [0.3, 0.4) is 0 Å². The van der Waals surface area contributed by atoms with E-state index in [1.165, 1.54) is 52.8 Å². The van der Waals surface area contributed by atoms with Crippen molar-refractivity contribution in [3.8, 4) is 39.9 Å². The van der Waals surface area contributed by atoms with Crippen molar-refractivity contribution in [2.24, 2.45) is 0 Å². The standard InChI is InChI=1S/C43H26N4S/c1-4-14-27(15-5-1)30-24-25-35-34(26-30)37-31-20-10-11-21-32(31)38-33-22-12-13-23-36(33)48-40(38)39(37)47(35)43-45-41(28-16-6-2-7-17-28)44-42(46-43)29-18-8-3-9-19-29/h1-26H. The smallest absolute Gasteiger partial charge is 0.238 e. The summed E-state index contributed by atoms with van der Waals surface area (Å²) in [6, 6.07) is 55.4. The molecule has 0 aliphatic carbocycles. The van der Waals surface area contributed by atoms with Crippen LogP contribution < -0.4 is 0 Å². The Balaban J connectivity index is 1.41. The predicted molar refractivity (Wildman–Crippen MR) is 201 cm³/mol. The second-order valence-electron chi connectivity index (χ2n) is 12.0. The van der Waals surface area contributed by atoms with Crippen LogP contribution in [0.1, 0.15) is 0 Å². The van der Waals surface area contributed by atoms with Gasteiger partial charge in [-0.3, -0.25) is 4.57 Å². The molecule has 0 bridgehead atoms. The molecule has 0 aliphatic heterocycles. The summed E-state index contributed by atoms with van der Waals surface area (Å²) in [5.41, 5.74) is 6.43. The Kier molecular flexibility index (Phi) is 6.01. The Hall–Kier alpha value is -6.17. The molecule has 0 aliphatic rings. The van der Waals surface area contributed by atoms with Gasteiger partial charge in [-0.2, -0.15) is 9.97 Å². The van der Waals surface area contributed by atoms with Crippen molar-refractivity contribution in [3.63, 3.8) is 0 Å². The molecule has 0 atom stereocenters. The monoisotopic (exact) mass is 630 g/mol. The van der Waals surface area contributed by atoms with Crippen molar-refractivity contribution in [3.05, 3.63) is 158 Å². The first-order chi connectivity index (χ1) is 23.8. The molecule has 10 rings (SSSR count). The average molecular weight is 631 g/mol. The average Bonchev–Trinajstić information content (AvgIpc) is 3.72. The lowest BCUT2D eigenvalue weighted by Crippen LogP contribution is -2.06. The highest BCUT2D eigenvalue weighted by molar-refractivity contribution is 7.27. The highest BCUT2D eigenvalue weighted by Gasteiger charge is 2.24. The summed E-state index contributed by atoms with van der Waals surface area (Å²) in [7, 11) is 0. The number of benzene rings is 7. The summed E-state index contributed by atoms with van der Waals surface area (Å²) < 4.78 is 4.77. The summed E-state index contributed by atoms with van der Waals surface area (Å²) in [4.78, 5) is 15.5. The SMILES string of the molecule is c1ccc(-c2ccc3c(c2)c2c4ccccc4c4c5ccccc5sc4c2n3-c2nc(-c3ccccc3)nc(-c3ccccc3)n2)cc1. The quantitative estimate of drug-likeness (QED) is 0.194. The summed E-state index contributed by atoms with van der Waals surface area (Å²) in [5.74, 6) is 1.89. The van der Waals surface area contributed by atoms with Crippen LogP contribution in [0, 0.1) is 0 Å². The summed E-state index contributed by atoms with van der Waals surface area (Å²) in [6.45, 7) is 0. The van der Waals surface area contributed by atoms with Gasteiger partial charge in [0.2, 0.25) is 5.95 Å². The molecule has 5 heteroatoms. The molecule has 4 nitrogen and oxygen atoms in total. The minimum atomic E-state index is 0.601. The maximum Gasteiger partial charge on any atom is 0.238 e. The van der Waals surface area contributed by atoms with Gasteiger partial charge < -0.3 is 0 Å². The van der Waals surface area contributed by atoms with Gasteiger partial charge >= 0.3 is 0 Å². The lowest BCUT2D eigenvalue weighted by atomic mass is 9.97. The molecular formula is C43H26N4S. The van der Waals surface area contributed by atoms with Crippen LogP contribution in [0.25, 0.3) is 92.6 Å². The first-order valence-corrected chi connectivity index (χ1v) is 16.9. The number of hydrogen-bond donors (Lipinski definition) is 0. The second kappa shape index (κ2) is 10.7. The topological polar surface area (TPSA) is 43.6 Å². The van der Waals surface area contributed by atoms with Gasteiger partial charge in [0.05, 0.1) is 15.7 Å². The number of hydrogen-bond acceptors (Lipinski definition) is 4. The fourth-order valence-electron chi connectivity index (χ4n) is 7.09. The number of fused-ring (bicyclic) bond motifs is 10. The fourth-order valence-corrected chi connectivity index (χ4v) is 8.35. The predicted octanol–water partition coefficient (Wildman–Crippen LogP) is 11.5. The van der Waals surface area contributed by atoms with E-state index in [9.17, 15) is 0 Å². The van der Waals surface area contributed by atoms with Crippen LogP contribution in [-0.2, 0) is 0 Å². The first kappa shape index (κ1) is 27.0. The molecule has 3 heterocycles. The van der Waals surface area contributed by atoms with Crippen LogP contribution in [-0.4, -0.2) is 19.5 Å². The molecule has 10 aromatic rings. The Bertz CT molecular complexity index is 2760. The number of nitrogens with zero attached hydrogens (tertiary/aromatic N) is 4. The summed E-state index contributed by atoms with van der Waals surface area (Å²) >= 11 is 1.84. The highest BCUT2D eigenvalue weighted by Crippen LogP contribution is 2.48. The van der Waals surface area contributed by atoms with Gasteiger partial charge in [-0.1, -0.05) is 140 Å². The minimum Gasteiger partial charge on any atom is -0.276 e. The molecule has 0 spiro atoms. The van der Waals surface area contributed by atoms with E-state index in [0.29, 0.717) is 17.6 Å². The summed E-state index contributed by atoms with van der Waals surface area (Å²) in [5, 5.41) is 7.39. The Labute approximate surface area is 280 Å². The highest BCUT2D eigenvalue weighted by atomic mass is 32.1. The van der Waals surface area contributed by atoms with E-state index in [-0.39, 0.29) is 0 Å². The van der Waals surface area contributed by atoms with Crippen LogP contribution in [0.2, 0.25) is 0 Å². The molecular weight excluding hydrogens is 605 g/mol. The van der Waals surface area contributed by atoms with Gasteiger partial charge in [-0.05, 0) is 40.1 Å². The van der Waals surface area contributed by atoms with Gasteiger partial charge in [0.15, 0.2) is 11.6 Å².